The van der Waals surface area contributed by atoms with Crippen molar-refractivity contribution in [3.63, 3.8) is 0 Å². The van der Waals surface area contributed by atoms with Crippen LogP contribution in [0.15, 0.2) is 39.9 Å². The van der Waals surface area contributed by atoms with Crippen LogP contribution in [-0.4, -0.2) is 60.3 Å². The highest BCUT2D eigenvalue weighted by Gasteiger charge is 2.23. The van der Waals surface area contributed by atoms with Crippen LogP contribution in [0.2, 0.25) is 0 Å². The molecule has 34 heavy (non-hydrogen) atoms. The van der Waals surface area contributed by atoms with Crippen LogP contribution in [-0.2, 0) is 16.1 Å². The number of methoxy groups -OCH3 is 1. The summed E-state index contributed by atoms with van der Waals surface area (Å²) in [6.07, 6.45) is 0.730. The Morgan fingerprint density at radius 2 is 1.76 bits per heavy atom. The molecule has 0 fully saturated rings. The summed E-state index contributed by atoms with van der Waals surface area (Å²) >= 11 is 0. The lowest BCUT2D eigenvalue weighted by Crippen LogP contribution is -2.45. The van der Waals surface area contributed by atoms with Gasteiger partial charge >= 0.3 is 5.69 Å². The lowest BCUT2D eigenvalue weighted by atomic mass is 10.2. The number of hydrogen-bond donors (Lipinski definition) is 2. The second-order valence-electron chi connectivity index (χ2n) is 7.53. The molecule has 0 aliphatic heterocycles. The van der Waals surface area contributed by atoms with Gasteiger partial charge in [-0.25, -0.2) is 4.79 Å². The van der Waals surface area contributed by atoms with Crippen LogP contribution >= 0.6 is 0 Å². The minimum atomic E-state index is -0.697. The molecule has 180 valence electrons. The molecule has 0 atom stereocenters. The largest absolute Gasteiger partial charge is 0.385 e. The number of anilines is 2. The van der Waals surface area contributed by atoms with E-state index in [0.29, 0.717) is 13.0 Å². The maximum atomic E-state index is 13.0. The molecule has 1 aromatic carbocycles. The second-order valence-corrected chi connectivity index (χ2v) is 7.53. The zero-order valence-electron chi connectivity index (χ0n) is 19.2. The maximum Gasteiger partial charge on any atom is 0.330 e. The predicted molar refractivity (Wildman–Crippen MR) is 127 cm³/mol. The van der Waals surface area contributed by atoms with Gasteiger partial charge < -0.3 is 20.3 Å². The van der Waals surface area contributed by atoms with Crippen LogP contribution in [0.4, 0.5) is 11.5 Å². The SMILES string of the molecule is COCCCN(CC(=O)N(CCC#N)CCC#N)c1c(N)n(Cc2ccccc2)c(=O)[nH]c1=O. The molecule has 2 aromatic rings. The van der Waals surface area contributed by atoms with E-state index in [4.69, 9.17) is 21.0 Å². The van der Waals surface area contributed by atoms with Crippen LogP contribution in [0.25, 0.3) is 0 Å². The fourth-order valence-electron chi connectivity index (χ4n) is 3.47. The van der Waals surface area contributed by atoms with Gasteiger partial charge in [0, 0.05) is 33.4 Å². The van der Waals surface area contributed by atoms with Crippen LogP contribution in [0.3, 0.4) is 0 Å². The minimum Gasteiger partial charge on any atom is -0.385 e. The van der Waals surface area contributed by atoms with Gasteiger partial charge in [-0.3, -0.25) is 19.1 Å². The summed E-state index contributed by atoms with van der Waals surface area (Å²) < 4.78 is 6.36. The Morgan fingerprint density at radius 1 is 1.12 bits per heavy atom. The highest BCUT2D eigenvalue weighted by Crippen LogP contribution is 2.18. The third kappa shape index (κ3) is 7.22. The van der Waals surface area contributed by atoms with E-state index in [1.54, 1.807) is 7.11 Å². The molecule has 0 aliphatic rings. The first-order chi connectivity index (χ1) is 16.4. The van der Waals surface area contributed by atoms with E-state index < -0.39 is 11.2 Å². The maximum absolute atomic E-state index is 13.0. The molecular formula is C23H29N7O4. The number of nitriles is 2. The number of nitrogens with two attached hydrogens (primary N) is 1. The topological polar surface area (TPSA) is 161 Å². The first-order valence-electron chi connectivity index (χ1n) is 10.8. The Morgan fingerprint density at radius 3 is 2.35 bits per heavy atom. The molecule has 0 radical (unpaired) electrons. The smallest absolute Gasteiger partial charge is 0.330 e. The number of nitrogens with one attached hydrogen (secondary N) is 1. The van der Waals surface area contributed by atoms with Gasteiger partial charge in [-0.15, -0.1) is 0 Å². The van der Waals surface area contributed by atoms with Crippen molar-refractivity contribution in [2.45, 2.75) is 25.8 Å². The Balaban J connectivity index is 2.42. The van der Waals surface area contributed by atoms with E-state index in [0.717, 1.165) is 5.56 Å². The summed E-state index contributed by atoms with van der Waals surface area (Å²) in [5, 5.41) is 17.8. The molecule has 0 aliphatic carbocycles. The van der Waals surface area contributed by atoms with Crippen molar-refractivity contribution in [1.82, 2.24) is 14.5 Å². The van der Waals surface area contributed by atoms with Crippen molar-refractivity contribution in [3.8, 4) is 12.1 Å². The Hall–Kier alpha value is -4.09. The first-order valence-corrected chi connectivity index (χ1v) is 10.8. The van der Waals surface area contributed by atoms with Crippen molar-refractivity contribution in [3.05, 3.63) is 56.7 Å². The number of carbonyl (C=O) groups excluding carboxylic acids is 1. The van der Waals surface area contributed by atoms with Crippen molar-refractivity contribution < 1.29 is 9.53 Å². The van der Waals surface area contributed by atoms with Gasteiger partial charge in [-0.2, -0.15) is 10.5 Å². The van der Waals surface area contributed by atoms with Crippen molar-refractivity contribution in [2.24, 2.45) is 0 Å². The number of ether oxygens (including phenoxy) is 1. The number of nitrogens with zero attached hydrogens (tertiary/aromatic N) is 5. The van der Waals surface area contributed by atoms with E-state index in [1.165, 1.54) is 14.4 Å². The van der Waals surface area contributed by atoms with E-state index in [1.807, 2.05) is 42.5 Å². The lowest BCUT2D eigenvalue weighted by Gasteiger charge is -2.29. The van der Waals surface area contributed by atoms with Crippen molar-refractivity contribution in [2.75, 3.05) is 50.5 Å². The second kappa shape index (κ2) is 13.5. The summed E-state index contributed by atoms with van der Waals surface area (Å²) in [5.41, 5.74) is 5.79. The highest BCUT2D eigenvalue weighted by atomic mass is 16.5. The molecular weight excluding hydrogens is 438 g/mol. The predicted octanol–water partition coefficient (Wildman–Crippen LogP) is 0.666. The summed E-state index contributed by atoms with van der Waals surface area (Å²) in [7, 11) is 1.54. The summed E-state index contributed by atoms with van der Waals surface area (Å²) in [5.74, 6) is -0.411. The standard InChI is InChI=1S/C23H29N7O4/c1-34-15-7-14-29(17-19(31)28(12-5-10-24)13-6-11-25)20-21(26)30(23(33)27-22(20)32)16-18-8-3-2-4-9-18/h2-4,8-9H,5-7,12-17,26H2,1H3,(H,27,32,33). The molecule has 3 N–H and O–H groups in total. The Kier molecular flexibility index (Phi) is 10.4. The van der Waals surface area contributed by atoms with Crippen molar-refractivity contribution in [1.29, 1.82) is 10.5 Å². The monoisotopic (exact) mass is 467 g/mol. The van der Waals surface area contributed by atoms with Gasteiger partial charge in [0.05, 0.1) is 38.1 Å². The average Bonchev–Trinajstić information content (AvgIpc) is 2.82. The van der Waals surface area contributed by atoms with Gasteiger partial charge in [-0.05, 0) is 12.0 Å². The molecule has 0 saturated carbocycles. The van der Waals surface area contributed by atoms with E-state index in [2.05, 4.69) is 4.98 Å². The molecule has 0 saturated heterocycles. The molecule has 0 spiro atoms. The summed E-state index contributed by atoms with van der Waals surface area (Å²) in [6, 6.07) is 13.2. The molecule has 1 amide bonds. The number of aromatic nitrogens is 2. The Bertz CT molecular complexity index is 1130. The molecule has 2 rings (SSSR count). The fraction of sp³-hybridized carbons (Fsp3) is 0.435. The number of nitrogen functional groups attached to an aromatic ring is 1. The number of amides is 1. The quantitative estimate of drug-likeness (QED) is 0.406. The summed E-state index contributed by atoms with van der Waals surface area (Å²) in [4.78, 5) is 43.6. The fourth-order valence-corrected chi connectivity index (χ4v) is 3.47. The third-order valence-electron chi connectivity index (χ3n) is 5.16. The van der Waals surface area contributed by atoms with Crippen LogP contribution in [0, 0.1) is 22.7 Å². The van der Waals surface area contributed by atoms with Gasteiger partial charge in [0.2, 0.25) is 5.91 Å². The van der Waals surface area contributed by atoms with E-state index >= 15 is 0 Å². The van der Waals surface area contributed by atoms with Crippen LogP contribution < -0.4 is 21.9 Å². The number of rotatable bonds is 13. The zero-order chi connectivity index (χ0) is 24.9. The third-order valence-corrected chi connectivity index (χ3v) is 5.16. The number of aromatic amines is 1. The van der Waals surface area contributed by atoms with Crippen molar-refractivity contribution >= 4 is 17.4 Å². The van der Waals surface area contributed by atoms with E-state index in [-0.39, 0.29) is 63.0 Å². The normalized spacial score (nSPS) is 10.3. The number of benzene rings is 1. The molecule has 0 bridgehead atoms. The van der Waals surface area contributed by atoms with E-state index in [9.17, 15) is 14.4 Å². The van der Waals surface area contributed by atoms with Gasteiger partial charge in [0.15, 0.2) is 0 Å². The minimum absolute atomic E-state index is 0.0144. The van der Waals surface area contributed by atoms with Crippen LogP contribution in [0.5, 0.6) is 0 Å². The Labute approximate surface area is 197 Å². The summed E-state index contributed by atoms with van der Waals surface area (Å²) in [6.45, 7) is 0.924. The number of H-pyrrole nitrogens is 1. The first kappa shape index (κ1) is 26.2. The van der Waals surface area contributed by atoms with Gasteiger partial charge in [-0.1, -0.05) is 30.3 Å². The number of hydrogen-bond acceptors (Lipinski definition) is 8. The van der Waals surface area contributed by atoms with Crippen LogP contribution in [0.1, 0.15) is 24.8 Å². The molecule has 1 heterocycles. The average molecular weight is 468 g/mol. The van der Waals surface area contributed by atoms with Gasteiger partial charge in [0.1, 0.15) is 11.5 Å². The zero-order valence-corrected chi connectivity index (χ0v) is 19.2. The molecule has 11 heteroatoms. The highest BCUT2D eigenvalue weighted by molar-refractivity contribution is 5.82. The molecule has 1 aromatic heterocycles. The lowest BCUT2D eigenvalue weighted by molar-refractivity contribution is -0.129. The number of carbonyl (C=O) groups is 1. The van der Waals surface area contributed by atoms with Gasteiger partial charge in [0.25, 0.3) is 5.56 Å². The molecule has 0 unspecified atom stereocenters. The molecule has 11 nitrogen and oxygen atoms in total.